The van der Waals surface area contributed by atoms with E-state index in [9.17, 15) is 9.90 Å². The van der Waals surface area contributed by atoms with Crippen LogP contribution in [0.1, 0.15) is 35.6 Å². The molecular weight excluding hydrogens is 230 g/mol. The highest BCUT2D eigenvalue weighted by Gasteiger charge is 2.55. The van der Waals surface area contributed by atoms with Gasteiger partial charge in [-0.1, -0.05) is 6.07 Å². The molecule has 1 fully saturated rings. The minimum Gasteiger partial charge on any atom is -0.496 e. The SMILES string of the molecule is COc1ccc(C(N)C2(C(=O)O)CC2)c(C)c1C. The van der Waals surface area contributed by atoms with Gasteiger partial charge in [-0.05, 0) is 49.4 Å². The van der Waals surface area contributed by atoms with Crippen LogP contribution in [0, 0.1) is 19.3 Å². The number of carboxylic acid groups (broad SMARTS) is 1. The predicted octanol–water partition coefficient (Wildman–Crippen LogP) is 2.18. The molecule has 3 N–H and O–H groups in total. The number of nitrogens with two attached hydrogens (primary N) is 1. The van der Waals surface area contributed by atoms with E-state index >= 15 is 0 Å². The number of benzene rings is 1. The molecule has 0 saturated heterocycles. The van der Waals surface area contributed by atoms with Crippen LogP contribution in [0.25, 0.3) is 0 Å². The van der Waals surface area contributed by atoms with Crippen molar-refractivity contribution in [3.8, 4) is 5.75 Å². The molecule has 0 radical (unpaired) electrons. The van der Waals surface area contributed by atoms with Gasteiger partial charge in [-0.2, -0.15) is 0 Å². The Kier molecular flexibility index (Phi) is 3.07. The van der Waals surface area contributed by atoms with E-state index in [1.165, 1.54) is 0 Å². The summed E-state index contributed by atoms with van der Waals surface area (Å²) in [6.45, 7) is 3.93. The average Bonchev–Trinajstić information content (AvgIpc) is 3.13. The fraction of sp³-hybridized carbons (Fsp3) is 0.500. The fourth-order valence-electron chi connectivity index (χ4n) is 2.47. The third kappa shape index (κ3) is 1.77. The van der Waals surface area contributed by atoms with Crippen LogP contribution in [0.2, 0.25) is 0 Å². The number of methoxy groups -OCH3 is 1. The summed E-state index contributed by atoms with van der Waals surface area (Å²) in [5.74, 6) is 0.0199. The average molecular weight is 249 g/mol. The molecule has 0 amide bonds. The van der Waals surface area contributed by atoms with E-state index in [4.69, 9.17) is 10.5 Å². The Bertz CT molecular complexity index is 492. The number of rotatable bonds is 4. The quantitative estimate of drug-likeness (QED) is 0.857. The van der Waals surface area contributed by atoms with Crippen molar-refractivity contribution in [2.75, 3.05) is 7.11 Å². The summed E-state index contributed by atoms with van der Waals surface area (Å²) in [6, 6.07) is 3.30. The molecule has 0 spiro atoms. The lowest BCUT2D eigenvalue weighted by Crippen LogP contribution is -2.30. The molecule has 0 heterocycles. The standard InChI is InChI=1S/C14H19NO3/c1-8-9(2)11(18-3)5-4-10(8)12(15)14(6-7-14)13(16)17/h4-5,12H,6-7,15H2,1-3H3,(H,16,17). The summed E-state index contributed by atoms with van der Waals surface area (Å²) in [7, 11) is 1.63. The van der Waals surface area contributed by atoms with Crippen molar-refractivity contribution in [1.29, 1.82) is 0 Å². The van der Waals surface area contributed by atoms with Crippen molar-refractivity contribution in [3.63, 3.8) is 0 Å². The maximum atomic E-state index is 11.3. The summed E-state index contributed by atoms with van der Waals surface area (Å²) in [5, 5.41) is 9.29. The molecule has 0 bridgehead atoms. The lowest BCUT2D eigenvalue weighted by molar-refractivity contribution is -0.144. The zero-order valence-corrected chi connectivity index (χ0v) is 11.0. The number of hydrogen-bond acceptors (Lipinski definition) is 3. The van der Waals surface area contributed by atoms with E-state index in [-0.39, 0.29) is 0 Å². The minimum atomic E-state index is -0.789. The Hall–Kier alpha value is -1.55. The van der Waals surface area contributed by atoms with Crippen molar-refractivity contribution < 1.29 is 14.6 Å². The van der Waals surface area contributed by atoms with Gasteiger partial charge in [0.1, 0.15) is 5.75 Å². The highest BCUT2D eigenvalue weighted by atomic mass is 16.5. The van der Waals surface area contributed by atoms with Gasteiger partial charge in [-0.15, -0.1) is 0 Å². The van der Waals surface area contributed by atoms with Crippen LogP contribution in [0.15, 0.2) is 12.1 Å². The number of carbonyl (C=O) groups is 1. The Labute approximate surface area is 107 Å². The molecule has 1 atom stereocenters. The van der Waals surface area contributed by atoms with Gasteiger partial charge in [0.25, 0.3) is 0 Å². The van der Waals surface area contributed by atoms with E-state index in [1.807, 2.05) is 26.0 Å². The first kappa shape index (κ1) is 12.9. The number of hydrogen-bond donors (Lipinski definition) is 2. The zero-order chi connectivity index (χ0) is 13.5. The Morgan fingerprint density at radius 1 is 1.39 bits per heavy atom. The number of carboxylic acids is 1. The van der Waals surface area contributed by atoms with Gasteiger partial charge in [-0.3, -0.25) is 4.79 Å². The molecule has 1 aromatic carbocycles. The molecule has 1 aliphatic rings. The van der Waals surface area contributed by atoms with Crippen LogP contribution >= 0.6 is 0 Å². The summed E-state index contributed by atoms with van der Waals surface area (Å²) in [4.78, 5) is 11.3. The van der Waals surface area contributed by atoms with Crippen molar-refractivity contribution >= 4 is 5.97 Å². The second-order valence-corrected chi connectivity index (χ2v) is 5.05. The Morgan fingerprint density at radius 3 is 2.44 bits per heavy atom. The lowest BCUT2D eigenvalue weighted by Gasteiger charge is -2.23. The molecule has 0 aromatic heterocycles. The second kappa shape index (κ2) is 4.28. The van der Waals surface area contributed by atoms with E-state index in [2.05, 4.69) is 0 Å². The summed E-state index contributed by atoms with van der Waals surface area (Å²) in [5.41, 5.74) is 8.37. The smallest absolute Gasteiger partial charge is 0.311 e. The normalized spacial score (nSPS) is 18.2. The highest BCUT2D eigenvalue weighted by Crippen LogP contribution is 2.54. The molecular formula is C14H19NO3. The maximum Gasteiger partial charge on any atom is 0.311 e. The first-order valence-corrected chi connectivity index (χ1v) is 6.07. The number of ether oxygens (including phenoxy) is 1. The van der Waals surface area contributed by atoms with E-state index < -0.39 is 17.4 Å². The predicted molar refractivity (Wildman–Crippen MR) is 68.7 cm³/mol. The molecule has 4 heteroatoms. The summed E-state index contributed by atoms with van der Waals surface area (Å²) in [6.07, 6.45) is 1.32. The van der Waals surface area contributed by atoms with Crippen molar-refractivity contribution in [2.24, 2.45) is 11.1 Å². The Balaban J connectivity index is 2.41. The Morgan fingerprint density at radius 2 is 2.00 bits per heavy atom. The maximum absolute atomic E-state index is 11.3. The van der Waals surface area contributed by atoms with Gasteiger partial charge in [0.05, 0.1) is 12.5 Å². The van der Waals surface area contributed by atoms with E-state index in [1.54, 1.807) is 7.11 Å². The van der Waals surface area contributed by atoms with Crippen LogP contribution in [0.3, 0.4) is 0 Å². The molecule has 18 heavy (non-hydrogen) atoms. The topological polar surface area (TPSA) is 72.5 Å². The summed E-state index contributed by atoms with van der Waals surface area (Å²) >= 11 is 0. The highest BCUT2D eigenvalue weighted by molar-refractivity contribution is 5.79. The molecule has 1 aromatic rings. The van der Waals surface area contributed by atoms with Gasteiger partial charge in [0, 0.05) is 6.04 Å². The molecule has 1 aliphatic carbocycles. The fourth-order valence-corrected chi connectivity index (χ4v) is 2.47. The number of aliphatic carboxylic acids is 1. The van der Waals surface area contributed by atoms with Gasteiger partial charge in [0.2, 0.25) is 0 Å². The molecule has 4 nitrogen and oxygen atoms in total. The van der Waals surface area contributed by atoms with Gasteiger partial charge >= 0.3 is 5.97 Å². The molecule has 2 rings (SSSR count). The molecule has 98 valence electrons. The van der Waals surface area contributed by atoms with Gasteiger partial charge in [-0.25, -0.2) is 0 Å². The molecule has 1 unspecified atom stereocenters. The van der Waals surface area contributed by atoms with Crippen LogP contribution in [-0.2, 0) is 4.79 Å². The van der Waals surface area contributed by atoms with Crippen molar-refractivity contribution in [1.82, 2.24) is 0 Å². The van der Waals surface area contributed by atoms with Crippen LogP contribution in [-0.4, -0.2) is 18.2 Å². The van der Waals surface area contributed by atoms with Crippen LogP contribution in [0.4, 0.5) is 0 Å². The zero-order valence-electron chi connectivity index (χ0n) is 11.0. The van der Waals surface area contributed by atoms with Gasteiger partial charge in [0.15, 0.2) is 0 Å². The van der Waals surface area contributed by atoms with E-state index in [0.717, 1.165) is 22.4 Å². The molecule has 1 saturated carbocycles. The third-order valence-corrected chi connectivity index (χ3v) is 4.14. The van der Waals surface area contributed by atoms with Crippen LogP contribution in [0.5, 0.6) is 5.75 Å². The first-order chi connectivity index (χ1) is 8.44. The van der Waals surface area contributed by atoms with Crippen molar-refractivity contribution in [3.05, 3.63) is 28.8 Å². The minimum absolute atomic E-state index is 0.445. The van der Waals surface area contributed by atoms with Crippen LogP contribution < -0.4 is 10.5 Å². The largest absolute Gasteiger partial charge is 0.496 e. The van der Waals surface area contributed by atoms with Crippen molar-refractivity contribution in [2.45, 2.75) is 32.7 Å². The second-order valence-electron chi connectivity index (χ2n) is 5.05. The van der Waals surface area contributed by atoms with E-state index in [0.29, 0.717) is 12.8 Å². The summed E-state index contributed by atoms with van der Waals surface area (Å²) < 4.78 is 5.25. The first-order valence-electron chi connectivity index (χ1n) is 6.07. The van der Waals surface area contributed by atoms with Gasteiger partial charge < -0.3 is 15.6 Å². The monoisotopic (exact) mass is 249 g/mol. The lowest BCUT2D eigenvalue weighted by atomic mass is 9.87. The molecule has 0 aliphatic heterocycles. The third-order valence-electron chi connectivity index (χ3n) is 4.14.